The summed E-state index contributed by atoms with van der Waals surface area (Å²) in [6.07, 6.45) is 1.95. The van der Waals surface area contributed by atoms with Crippen LogP contribution in [0.2, 0.25) is 0 Å². The molecule has 1 atom stereocenters. The van der Waals surface area contributed by atoms with Crippen LogP contribution in [-0.4, -0.2) is 27.1 Å². The molecule has 1 aromatic rings. The van der Waals surface area contributed by atoms with Crippen molar-refractivity contribution in [2.45, 2.75) is 33.3 Å². The number of aliphatic hydroxyl groups excluding tert-OH is 1. The van der Waals surface area contributed by atoms with E-state index in [-0.39, 0.29) is 11.5 Å². The third kappa shape index (κ3) is 4.53. The number of rotatable bonds is 4. The summed E-state index contributed by atoms with van der Waals surface area (Å²) in [5, 5.41) is 13.5. The zero-order chi connectivity index (χ0) is 10.6. The van der Waals surface area contributed by atoms with Gasteiger partial charge in [0.05, 0.1) is 6.10 Å². The minimum Gasteiger partial charge on any atom is -0.391 e. The molecule has 80 valence electrons. The summed E-state index contributed by atoms with van der Waals surface area (Å²) in [6, 6.07) is 0. The Kier molecular flexibility index (Phi) is 3.83. The number of hydrogen-bond acceptors (Lipinski definition) is 5. The van der Waals surface area contributed by atoms with E-state index in [2.05, 4.69) is 35.4 Å². The Morgan fingerprint density at radius 1 is 1.57 bits per heavy atom. The van der Waals surface area contributed by atoms with Gasteiger partial charge in [0.25, 0.3) is 0 Å². The fraction of sp³-hybridized carbons (Fsp3) is 0.778. The molecule has 4 nitrogen and oxygen atoms in total. The van der Waals surface area contributed by atoms with E-state index in [9.17, 15) is 5.11 Å². The largest absolute Gasteiger partial charge is 0.391 e. The van der Waals surface area contributed by atoms with Crippen LogP contribution in [0.1, 0.15) is 27.2 Å². The fourth-order valence-electron chi connectivity index (χ4n) is 1.24. The highest BCUT2D eigenvalue weighted by Gasteiger charge is 2.16. The number of hydrogen-bond donors (Lipinski definition) is 2. The minimum atomic E-state index is -0.334. The zero-order valence-corrected chi connectivity index (χ0v) is 9.64. The van der Waals surface area contributed by atoms with E-state index in [4.69, 9.17) is 0 Å². The Morgan fingerprint density at radius 3 is 2.79 bits per heavy atom. The second-order valence-corrected chi connectivity index (χ2v) is 5.33. The Bertz CT molecular complexity index is 256. The van der Waals surface area contributed by atoms with Crippen LogP contribution in [-0.2, 0) is 0 Å². The summed E-state index contributed by atoms with van der Waals surface area (Å²) < 4.78 is 3.86. The molecule has 0 aromatic carbocycles. The lowest BCUT2D eigenvalue weighted by atomic mass is 9.89. The normalized spacial score (nSPS) is 14.0. The van der Waals surface area contributed by atoms with Crippen LogP contribution in [0, 0.1) is 5.41 Å². The van der Waals surface area contributed by atoms with Gasteiger partial charge in [-0.25, -0.2) is 4.98 Å². The van der Waals surface area contributed by atoms with Crippen molar-refractivity contribution in [1.29, 1.82) is 0 Å². The van der Waals surface area contributed by atoms with Gasteiger partial charge >= 0.3 is 0 Å². The van der Waals surface area contributed by atoms with Crippen molar-refractivity contribution in [2.75, 3.05) is 11.9 Å². The molecular formula is C9H17N3OS. The fourth-order valence-corrected chi connectivity index (χ4v) is 1.67. The molecule has 0 aliphatic heterocycles. The molecule has 0 saturated carbocycles. The molecule has 0 aliphatic carbocycles. The van der Waals surface area contributed by atoms with E-state index < -0.39 is 0 Å². The van der Waals surface area contributed by atoms with E-state index in [1.165, 1.54) is 17.9 Å². The maximum atomic E-state index is 9.68. The van der Waals surface area contributed by atoms with Crippen LogP contribution in [0.25, 0.3) is 0 Å². The average Bonchev–Trinajstić information content (AvgIpc) is 2.49. The maximum Gasteiger partial charge on any atom is 0.202 e. The summed E-state index contributed by atoms with van der Waals surface area (Å²) in [4.78, 5) is 3.97. The molecule has 1 heterocycles. The first-order valence-electron chi connectivity index (χ1n) is 4.66. The molecule has 1 unspecified atom stereocenters. The first-order valence-corrected chi connectivity index (χ1v) is 5.43. The van der Waals surface area contributed by atoms with E-state index >= 15 is 0 Å². The molecule has 0 aliphatic rings. The highest BCUT2D eigenvalue weighted by Crippen LogP contribution is 2.20. The van der Waals surface area contributed by atoms with Crippen molar-refractivity contribution in [3.05, 3.63) is 6.33 Å². The average molecular weight is 215 g/mol. The van der Waals surface area contributed by atoms with Gasteiger partial charge in [0.1, 0.15) is 6.33 Å². The Balaban J connectivity index is 2.25. The number of aromatic nitrogens is 2. The van der Waals surface area contributed by atoms with Crippen LogP contribution >= 0.6 is 11.5 Å². The standard InChI is InChI=1S/C9H17N3OS/c1-9(2,3)4-7(13)5-10-8-11-6-12-14-8/h6-7,13H,4-5H2,1-3H3,(H,10,11,12). The van der Waals surface area contributed by atoms with Gasteiger partial charge in [-0.3, -0.25) is 0 Å². The van der Waals surface area contributed by atoms with Crippen LogP contribution in [0.15, 0.2) is 6.33 Å². The smallest absolute Gasteiger partial charge is 0.202 e. The Hall–Kier alpha value is -0.680. The SMILES string of the molecule is CC(C)(C)CC(O)CNc1ncns1. The molecule has 1 aromatic heterocycles. The topological polar surface area (TPSA) is 58.0 Å². The van der Waals surface area contributed by atoms with Gasteiger partial charge in [0, 0.05) is 18.1 Å². The molecule has 0 bridgehead atoms. The second kappa shape index (κ2) is 4.70. The first kappa shape index (κ1) is 11.4. The van der Waals surface area contributed by atoms with Crippen molar-refractivity contribution >= 4 is 16.7 Å². The van der Waals surface area contributed by atoms with Crippen LogP contribution < -0.4 is 5.32 Å². The van der Waals surface area contributed by atoms with Gasteiger partial charge in [-0.05, 0) is 11.8 Å². The lowest BCUT2D eigenvalue weighted by Gasteiger charge is -2.22. The van der Waals surface area contributed by atoms with E-state index in [1.807, 2.05) is 0 Å². The molecule has 5 heteroatoms. The molecule has 0 radical (unpaired) electrons. The van der Waals surface area contributed by atoms with Gasteiger partial charge in [-0.2, -0.15) is 4.37 Å². The molecule has 0 spiro atoms. The van der Waals surface area contributed by atoms with Crippen molar-refractivity contribution in [3.8, 4) is 0 Å². The van der Waals surface area contributed by atoms with E-state index in [1.54, 1.807) is 0 Å². The van der Waals surface area contributed by atoms with Gasteiger partial charge in [0.2, 0.25) is 5.13 Å². The van der Waals surface area contributed by atoms with Gasteiger partial charge in [0.15, 0.2) is 0 Å². The summed E-state index contributed by atoms with van der Waals surface area (Å²) in [5.74, 6) is 0. The van der Waals surface area contributed by atoms with Gasteiger partial charge in [-0.15, -0.1) is 0 Å². The third-order valence-corrected chi connectivity index (χ3v) is 2.32. The molecule has 14 heavy (non-hydrogen) atoms. The lowest BCUT2D eigenvalue weighted by Crippen LogP contribution is -2.25. The number of anilines is 1. The minimum absolute atomic E-state index is 0.155. The zero-order valence-electron chi connectivity index (χ0n) is 8.82. The quantitative estimate of drug-likeness (QED) is 0.803. The van der Waals surface area contributed by atoms with Crippen LogP contribution in [0.3, 0.4) is 0 Å². The summed E-state index contributed by atoms with van der Waals surface area (Å²) in [5.41, 5.74) is 0.155. The third-order valence-electron chi connectivity index (χ3n) is 1.70. The summed E-state index contributed by atoms with van der Waals surface area (Å²) in [7, 11) is 0. The van der Waals surface area contributed by atoms with Crippen LogP contribution in [0.5, 0.6) is 0 Å². The molecule has 0 fully saturated rings. The van der Waals surface area contributed by atoms with Crippen molar-refractivity contribution < 1.29 is 5.11 Å². The Labute approximate surface area is 88.6 Å². The number of nitrogens with zero attached hydrogens (tertiary/aromatic N) is 2. The molecule has 1 rings (SSSR count). The predicted molar refractivity (Wildman–Crippen MR) is 58.5 cm³/mol. The van der Waals surface area contributed by atoms with Crippen molar-refractivity contribution in [2.24, 2.45) is 5.41 Å². The second-order valence-electron chi connectivity index (χ2n) is 4.55. The Morgan fingerprint density at radius 2 is 2.29 bits per heavy atom. The molecule has 0 amide bonds. The maximum absolute atomic E-state index is 9.68. The highest BCUT2D eigenvalue weighted by molar-refractivity contribution is 7.09. The predicted octanol–water partition coefficient (Wildman–Crippen LogP) is 1.75. The molecule has 0 saturated heterocycles. The van der Waals surface area contributed by atoms with Crippen molar-refractivity contribution in [3.63, 3.8) is 0 Å². The number of nitrogens with one attached hydrogen (secondary N) is 1. The van der Waals surface area contributed by atoms with E-state index in [0.717, 1.165) is 11.6 Å². The monoisotopic (exact) mass is 215 g/mol. The number of aliphatic hydroxyl groups is 1. The van der Waals surface area contributed by atoms with E-state index in [0.29, 0.717) is 6.54 Å². The summed E-state index contributed by atoms with van der Waals surface area (Å²) >= 11 is 1.30. The van der Waals surface area contributed by atoms with Gasteiger partial charge < -0.3 is 10.4 Å². The molecular weight excluding hydrogens is 198 g/mol. The molecule has 2 N–H and O–H groups in total. The van der Waals surface area contributed by atoms with Gasteiger partial charge in [-0.1, -0.05) is 20.8 Å². The summed E-state index contributed by atoms with van der Waals surface area (Å²) in [6.45, 7) is 6.87. The van der Waals surface area contributed by atoms with Crippen LogP contribution in [0.4, 0.5) is 5.13 Å². The lowest BCUT2D eigenvalue weighted by molar-refractivity contribution is 0.132. The first-order chi connectivity index (χ1) is 6.47. The highest BCUT2D eigenvalue weighted by atomic mass is 32.1. The van der Waals surface area contributed by atoms with Crippen molar-refractivity contribution in [1.82, 2.24) is 9.36 Å².